The summed E-state index contributed by atoms with van der Waals surface area (Å²) in [6.45, 7) is 1.95. The molecule has 2 rings (SSSR count). The molecule has 0 aromatic rings. The quantitative estimate of drug-likeness (QED) is 0.374. The summed E-state index contributed by atoms with van der Waals surface area (Å²) in [6.07, 6.45) is 2.31. The Hall–Kier alpha value is 0.0300. The van der Waals surface area contributed by atoms with Crippen LogP contribution in [0.5, 0.6) is 0 Å². The van der Waals surface area contributed by atoms with E-state index in [1.807, 2.05) is 13.0 Å². The van der Waals surface area contributed by atoms with E-state index in [9.17, 15) is 14.7 Å². The van der Waals surface area contributed by atoms with Crippen LogP contribution in [-0.2, 0) is 9.59 Å². The van der Waals surface area contributed by atoms with Gasteiger partial charge in [-0.1, -0.05) is 6.92 Å². The zero-order chi connectivity index (χ0) is 10.3. The van der Waals surface area contributed by atoms with Gasteiger partial charge < -0.3 is 14.8 Å². The van der Waals surface area contributed by atoms with Crippen LogP contribution in [0.1, 0.15) is 13.3 Å². The second-order valence-corrected chi connectivity index (χ2v) is 4.63. The monoisotopic (exact) mass is 235 g/mol. The van der Waals surface area contributed by atoms with Crippen molar-refractivity contribution >= 4 is 23.6 Å². The predicted octanol–water partition coefficient (Wildman–Crippen LogP) is -3.64. The fourth-order valence-electron chi connectivity index (χ4n) is 1.87. The van der Waals surface area contributed by atoms with Crippen LogP contribution in [0.4, 0.5) is 0 Å². The first-order chi connectivity index (χ1) is 6.65. The van der Waals surface area contributed by atoms with Gasteiger partial charge in [-0.3, -0.25) is 4.79 Å². The smallest absolute Gasteiger partial charge is 0.547 e. The number of carboxylic acid groups (broad SMARTS) is 1. The van der Waals surface area contributed by atoms with E-state index in [2.05, 4.69) is 0 Å². The van der Waals surface area contributed by atoms with Crippen LogP contribution in [0, 0.1) is 0 Å². The van der Waals surface area contributed by atoms with Crippen LogP contribution in [-0.4, -0.2) is 34.6 Å². The van der Waals surface area contributed by atoms with Crippen LogP contribution in [0.3, 0.4) is 0 Å². The normalized spacial score (nSPS) is 27.7. The molecule has 6 heteroatoms. The molecular formula is C9H10NNaO3S. The minimum absolute atomic E-state index is 0. The molecule has 76 valence electrons. The average Bonchev–Trinajstić information content (AvgIpc) is 2.39. The van der Waals surface area contributed by atoms with Crippen LogP contribution < -0.4 is 34.7 Å². The van der Waals surface area contributed by atoms with Crippen LogP contribution in [0.15, 0.2) is 11.0 Å². The molecular weight excluding hydrogens is 225 g/mol. The summed E-state index contributed by atoms with van der Waals surface area (Å²) in [4.78, 5) is 24.2. The number of amides is 1. The Bertz CT molecular complexity index is 331. The third-order valence-corrected chi connectivity index (χ3v) is 3.45. The second kappa shape index (κ2) is 4.91. The molecule has 2 aliphatic heterocycles. The molecule has 2 aliphatic rings. The maximum atomic E-state index is 11.2. The minimum atomic E-state index is -1.17. The number of thioether (sulfide) groups is 1. The number of hydrogen-bond donors (Lipinski definition) is 0. The molecule has 0 radical (unpaired) electrons. The van der Waals surface area contributed by atoms with Gasteiger partial charge in [0.25, 0.3) is 0 Å². The number of fused-ring (bicyclic) bond motifs is 1. The van der Waals surface area contributed by atoms with E-state index in [1.54, 1.807) is 0 Å². The van der Waals surface area contributed by atoms with Crippen LogP contribution in [0.2, 0.25) is 0 Å². The first-order valence-corrected chi connectivity index (χ1v) is 5.50. The molecule has 2 heterocycles. The summed E-state index contributed by atoms with van der Waals surface area (Å²) in [5, 5.41) is 10.9. The number of carbonyl (C=O) groups excluding carboxylic acids is 2. The molecule has 0 aromatic heterocycles. The van der Waals surface area contributed by atoms with Crippen molar-refractivity contribution in [3.05, 3.63) is 11.0 Å². The van der Waals surface area contributed by atoms with E-state index >= 15 is 0 Å². The molecule has 0 saturated carbocycles. The molecule has 1 unspecified atom stereocenters. The third kappa shape index (κ3) is 2.11. The van der Waals surface area contributed by atoms with Gasteiger partial charge in [0.1, 0.15) is 6.04 Å². The number of aliphatic carboxylic acids is 1. The standard InChI is InChI=1S/C9H11NO3S.Na/c1-2-14-6-3-5-4-7(11)10(5)8(6)9(12)13;/h3,5,8H,2,4H2,1H3,(H,12,13);/q;+1/p-1/t5?,8-;/m1./s1. The molecule has 15 heavy (non-hydrogen) atoms. The third-order valence-electron chi connectivity index (χ3n) is 2.47. The first kappa shape index (κ1) is 13.1. The van der Waals surface area contributed by atoms with Crippen molar-refractivity contribution in [3.63, 3.8) is 0 Å². The van der Waals surface area contributed by atoms with Gasteiger partial charge in [0, 0.05) is 4.91 Å². The first-order valence-electron chi connectivity index (χ1n) is 4.51. The summed E-state index contributed by atoms with van der Waals surface area (Å²) in [5.41, 5.74) is 0. The van der Waals surface area contributed by atoms with Crippen LogP contribution >= 0.6 is 11.8 Å². The molecule has 1 saturated heterocycles. The Labute approximate surface area is 114 Å². The van der Waals surface area contributed by atoms with E-state index < -0.39 is 12.0 Å². The van der Waals surface area contributed by atoms with Gasteiger partial charge in [0.15, 0.2) is 0 Å². The summed E-state index contributed by atoms with van der Waals surface area (Å²) in [7, 11) is 0. The van der Waals surface area contributed by atoms with Crippen molar-refractivity contribution < 1.29 is 44.3 Å². The number of β-lactam (4-membered cyclic amide) rings is 1. The Morgan fingerprint density at radius 1 is 1.73 bits per heavy atom. The number of hydrogen-bond acceptors (Lipinski definition) is 4. The Balaban J connectivity index is 0.00000112. The van der Waals surface area contributed by atoms with E-state index in [4.69, 9.17) is 0 Å². The topological polar surface area (TPSA) is 60.4 Å². The zero-order valence-corrected chi connectivity index (χ0v) is 11.5. The fourth-order valence-corrected chi connectivity index (χ4v) is 2.83. The predicted molar refractivity (Wildman–Crippen MR) is 50.3 cm³/mol. The Kier molecular flexibility index (Phi) is 4.29. The summed E-state index contributed by atoms with van der Waals surface area (Å²) in [6, 6.07) is -0.828. The molecule has 0 bridgehead atoms. The minimum Gasteiger partial charge on any atom is -0.547 e. The van der Waals surface area contributed by atoms with Crippen molar-refractivity contribution in [2.75, 3.05) is 5.75 Å². The molecule has 1 amide bonds. The molecule has 2 atom stereocenters. The SMILES string of the molecule is CCSC1=CC2CC(=O)N2[C@H]1C(=O)[O-].[Na+]. The van der Waals surface area contributed by atoms with Gasteiger partial charge in [-0.05, 0) is 11.8 Å². The van der Waals surface area contributed by atoms with Crippen molar-refractivity contribution in [1.29, 1.82) is 0 Å². The summed E-state index contributed by atoms with van der Waals surface area (Å²) >= 11 is 1.47. The van der Waals surface area contributed by atoms with Gasteiger partial charge in [-0.2, -0.15) is 0 Å². The van der Waals surface area contributed by atoms with E-state index in [0.717, 1.165) is 10.7 Å². The van der Waals surface area contributed by atoms with Crippen molar-refractivity contribution in [3.8, 4) is 0 Å². The fraction of sp³-hybridized carbons (Fsp3) is 0.556. The summed E-state index contributed by atoms with van der Waals surface area (Å²) in [5.74, 6) is -0.454. The summed E-state index contributed by atoms with van der Waals surface area (Å²) < 4.78 is 0. The Morgan fingerprint density at radius 2 is 2.40 bits per heavy atom. The number of carboxylic acids is 1. The molecule has 4 nitrogen and oxygen atoms in total. The van der Waals surface area contributed by atoms with Gasteiger partial charge in [0.2, 0.25) is 5.91 Å². The molecule has 0 aliphatic carbocycles. The van der Waals surface area contributed by atoms with Gasteiger partial charge in [0.05, 0.1) is 18.4 Å². The average molecular weight is 235 g/mol. The number of rotatable bonds is 3. The van der Waals surface area contributed by atoms with E-state index in [1.165, 1.54) is 16.7 Å². The maximum absolute atomic E-state index is 11.2. The van der Waals surface area contributed by atoms with Crippen molar-refractivity contribution in [1.82, 2.24) is 4.90 Å². The molecule has 1 fully saturated rings. The van der Waals surface area contributed by atoms with Crippen molar-refractivity contribution in [2.24, 2.45) is 0 Å². The van der Waals surface area contributed by atoms with E-state index in [0.29, 0.717) is 6.42 Å². The molecule has 0 spiro atoms. The largest absolute Gasteiger partial charge is 1.00 e. The van der Waals surface area contributed by atoms with E-state index in [-0.39, 0.29) is 41.5 Å². The molecule has 0 aromatic carbocycles. The van der Waals surface area contributed by atoms with Crippen LogP contribution in [0.25, 0.3) is 0 Å². The Morgan fingerprint density at radius 3 is 2.87 bits per heavy atom. The second-order valence-electron chi connectivity index (χ2n) is 3.30. The van der Waals surface area contributed by atoms with Gasteiger partial charge >= 0.3 is 29.6 Å². The van der Waals surface area contributed by atoms with Gasteiger partial charge in [-0.25, -0.2) is 0 Å². The van der Waals surface area contributed by atoms with Gasteiger partial charge in [-0.15, -0.1) is 11.8 Å². The number of nitrogens with zero attached hydrogens (tertiary/aromatic N) is 1. The van der Waals surface area contributed by atoms with Crippen molar-refractivity contribution in [2.45, 2.75) is 25.4 Å². The molecule has 0 N–H and O–H groups in total. The number of carbonyl (C=O) groups is 2. The maximum Gasteiger partial charge on any atom is 1.00 e. The zero-order valence-electron chi connectivity index (χ0n) is 8.73.